The number of carboxylic acid groups (broad SMARTS) is 1. The minimum atomic E-state index is -1.08. The van der Waals surface area contributed by atoms with E-state index in [2.05, 4.69) is 10.3 Å². The van der Waals surface area contributed by atoms with Gasteiger partial charge in [-0.15, -0.1) is 0 Å². The minimum absolute atomic E-state index is 0.0378. The molecule has 1 aromatic rings. The number of urea groups is 1. The Morgan fingerprint density at radius 2 is 2.16 bits per heavy atom. The lowest BCUT2D eigenvalue weighted by atomic mass is 10.3. The van der Waals surface area contributed by atoms with Crippen molar-refractivity contribution in [3.8, 4) is 0 Å². The number of nitrogens with one attached hydrogen (secondary N) is 1. The highest BCUT2D eigenvalue weighted by molar-refractivity contribution is 7.99. The number of aromatic nitrogens is 1. The van der Waals surface area contributed by atoms with Crippen LogP contribution in [0, 0.1) is 0 Å². The molecule has 1 fully saturated rings. The van der Waals surface area contributed by atoms with Crippen molar-refractivity contribution >= 4 is 29.4 Å². The molecule has 0 aliphatic carbocycles. The van der Waals surface area contributed by atoms with Crippen LogP contribution >= 0.6 is 11.8 Å². The molecule has 1 aromatic heterocycles. The van der Waals surface area contributed by atoms with Gasteiger partial charge in [-0.05, 0) is 24.3 Å². The average Bonchev–Trinajstić information content (AvgIpc) is 2.68. The van der Waals surface area contributed by atoms with Crippen LogP contribution in [0.1, 0.15) is 16.9 Å². The highest BCUT2D eigenvalue weighted by Gasteiger charge is 2.15. The molecule has 1 aliphatic rings. The van der Waals surface area contributed by atoms with Gasteiger partial charge in [-0.25, -0.2) is 14.6 Å². The number of hydrogen-bond acceptors (Lipinski definition) is 4. The number of thioether (sulfide) groups is 1. The van der Waals surface area contributed by atoms with Gasteiger partial charge in [0.05, 0.1) is 11.9 Å². The first kappa shape index (κ1) is 13.7. The molecule has 1 saturated heterocycles. The van der Waals surface area contributed by atoms with E-state index in [1.54, 1.807) is 11.0 Å². The Balaban J connectivity index is 1.95. The molecule has 0 bridgehead atoms. The van der Waals surface area contributed by atoms with Gasteiger partial charge in [0.1, 0.15) is 5.69 Å². The predicted octanol–water partition coefficient (Wildman–Crippen LogP) is 1.75. The summed E-state index contributed by atoms with van der Waals surface area (Å²) in [6, 6.07) is 2.75. The number of carbonyl (C=O) groups is 2. The first-order chi connectivity index (χ1) is 9.16. The van der Waals surface area contributed by atoms with E-state index >= 15 is 0 Å². The fourth-order valence-corrected chi connectivity index (χ4v) is 2.63. The van der Waals surface area contributed by atoms with Crippen molar-refractivity contribution in [2.45, 2.75) is 6.42 Å². The van der Waals surface area contributed by atoms with E-state index in [4.69, 9.17) is 5.11 Å². The number of aromatic carboxylic acids is 1. The summed E-state index contributed by atoms with van der Waals surface area (Å²) in [5.74, 6) is 0.949. The first-order valence-electron chi connectivity index (χ1n) is 6.00. The Kier molecular flexibility index (Phi) is 4.62. The molecule has 6 nitrogen and oxygen atoms in total. The smallest absolute Gasteiger partial charge is 0.354 e. The Labute approximate surface area is 115 Å². The lowest BCUT2D eigenvalue weighted by Crippen LogP contribution is -2.36. The zero-order valence-corrected chi connectivity index (χ0v) is 11.2. The zero-order chi connectivity index (χ0) is 13.7. The van der Waals surface area contributed by atoms with Gasteiger partial charge in [-0.3, -0.25) is 0 Å². The molecule has 0 radical (unpaired) electrons. The van der Waals surface area contributed by atoms with Crippen LogP contribution in [0.2, 0.25) is 0 Å². The molecule has 0 saturated carbocycles. The van der Waals surface area contributed by atoms with E-state index in [0.717, 1.165) is 31.0 Å². The maximum Gasteiger partial charge on any atom is 0.354 e. The van der Waals surface area contributed by atoms with Gasteiger partial charge in [0.15, 0.2) is 0 Å². The largest absolute Gasteiger partial charge is 0.477 e. The molecule has 2 heterocycles. The van der Waals surface area contributed by atoms with Gasteiger partial charge < -0.3 is 15.3 Å². The summed E-state index contributed by atoms with van der Waals surface area (Å²) in [6.45, 7) is 1.48. The van der Waals surface area contributed by atoms with Gasteiger partial charge in [-0.1, -0.05) is 0 Å². The molecule has 0 aromatic carbocycles. The van der Waals surface area contributed by atoms with Gasteiger partial charge in [0.2, 0.25) is 0 Å². The molecule has 102 valence electrons. The lowest BCUT2D eigenvalue weighted by Gasteiger charge is -2.20. The molecule has 2 amide bonds. The zero-order valence-electron chi connectivity index (χ0n) is 10.3. The molecule has 2 rings (SSSR count). The number of rotatable bonds is 2. The van der Waals surface area contributed by atoms with Crippen LogP contribution in [0.5, 0.6) is 0 Å². The Hall–Kier alpha value is -1.76. The Morgan fingerprint density at radius 3 is 2.84 bits per heavy atom. The number of carboxylic acids is 1. The molecule has 0 atom stereocenters. The normalized spacial score (nSPS) is 15.7. The van der Waals surface area contributed by atoms with Crippen LogP contribution in [-0.4, -0.2) is 51.6 Å². The third-order valence-corrected chi connectivity index (χ3v) is 3.79. The number of anilines is 1. The number of hydrogen-bond donors (Lipinski definition) is 2. The summed E-state index contributed by atoms with van der Waals surface area (Å²) >= 11 is 1.85. The monoisotopic (exact) mass is 281 g/mol. The maximum atomic E-state index is 12.0. The van der Waals surface area contributed by atoms with Crippen LogP contribution < -0.4 is 5.32 Å². The summed E-state index contributed by atoms with van der Waals surface area (Å²) in [7, 11) is 0. The van der Waals surface area contributed by atoms with Crippen molar-refractivity contribution in [1.29, 1.82) is 0 Å². The quantitative estimate of drug-likeness (QED) is 0.863. The second-order valence-corrected chi connectivity index (χ2v) is 5.35. The molecule has 2 N–H and O–H groups in total. The highest BCUT2D eigenvalue weighted by Crippen LogP contribution is 2.12. The van der Waals surface area contributed by atoms with Crippen LogP contribution in [0.4, 0.5) is 10.5 Å². The van der Waals surface area contributed by atoms with Gasteiger partial charge in [0, 0.05) is 18.8 Å². The molecule has 1 aliphatic heterocycles. The lowest BCUT2D eigenvalue weighted by molar-refractivity contribution is 0.0690. The van der Waals surface area contributed by atoms with Crippen molar-refractivity contribution in [3.63, 3.8) is 0 Å². The van der Waals surface area contributed by atoms with Crippen molar-refractivity contribution in [2.75, 3.05) is 29.9 Å². The van der Waals surface area contributed by atoms with Crippen LogP contribution in [0.3, 0.4) is 0 Å². The molecule has 0 unspecified atom stereocenters. The van der Waals surface area contributed by atoms with E-state index in [9.17, 15) is 9.59 Å². The highest BCUT2D eigenvalue weighted by atomic mass is 32.2. The molecule has 7 heteroatoms. The van der Waals surface area contributed by atoms with E-state index in [1.807, 2.05) is 11.8 Å². The molecular weight excluding hydrogens is 266 g/mol. The average molecular weight is 281 g/mol. The third-order valence-electron chi connectivity index (χ3n) is 2.74. The summed E-state index contributed by atoms with van der Waals surface area (Å²) in [6.07, 6.45) is 2.35. The first-order valence-corrected chi connectivity index (χ1v) is 7.15. The van der Waals surface area contributed by atoms with E-state index in [0.29, 0.717) is 5.69 Å². The van der Waals surface area contributed by atoms with Crippen LogP contribution in [0.25, 0.3) is 0 Å². The minimum Gasteiger partial charge on any atom is -0.477 e. The van der Waals surface area contributed by atoms with Gasteiger partial charge in [0.25, 0.3) is 0 Å². The number of pyridine rings is 1. The number of nitrogens with zero attached hydrogens (tertiary/aromatic N) is 2. The van der Waals surface area contributed by atoms with Crippen molar-refractivity contribution in [1.82, 2.24) is 9.88 Å². The summed E-state index contributed by atoms with van der Waals surface area (Å²) < 4.78 is 0. The molecule has 0 spiro atoms. The standard InChI is InChI=1S/C12H15N3O3S/c16-11(17)10-3-2-9(8-13-10)14-12(18)15-4-1-6-19-7-5-15/h2-3,8H,1,4-7H2,(H,14,18)(H,16,17). The fraction of sp³-hybridized carbons (Fsp3) is 0.417. The maximum absolute atomic E-state index is 12.0. The summed E-state index contributed by atoms with van der Waals surface area (Å²) in [5.41, 5.74) is 0.469. The van der Waals surface area contributed by atoms with E-state index in [-0.39, 0.29) is 11.7 Å². The second-order valence-electron chi connectivity index (χ2n) is 4.12. The number of carbonyl (C=O) groups excluding carboxylic acids is 1. The summed E-state index contributed by atoms with van der Waals surface area (Å²) in [4.78, 5) is 28.2. The SMILES string of the molecule is O=C(O)c1ccc(NC(=O)N2CCCSCC2)cn1. The van der Waals surface area contributed by atoms with E-state index < -0.39 is 5.97 Å². The molecular formula is C12H15N3O3S. The Morgan fingerprint density at radius 1 is 1.32 bits per heavy atom. The third kappa shape index (κ3) is 3.85. The second kappa shape index (κ2) is 6.42. The van der Waals surface area contributed by atoms with Crippen LogP contribution in [-0.2, 0) is 0 Å². The van der Waals surface area contributed by atoms with Gasteiger partial charge in [-0.2, -0.15) is 11.8 Å². The number of amides is 2. The van der Waals surface area contributed by atoms with Crippen molar-refractivity contribution < 1.29 is 14.7 Å². The summed E-state index contributed by atoms with van der Waals surface area (Å²) in [5, 5.41) is 11.5. The Bertz CT molecular complexity index is 456. The van der Waals surface area contributed by atoms with Crippen molar-refractivity contribution in [2.24, 2.45) is 0 Å². The predicted molar refractivity (Wildman–Crippen MR) is 73.7 cm³/mol. The fourth-order valence-electron chi connectivity index (χ4n) is 1.75. The van der Waals surface area contributed by atoms with Crippen molar-refractivity contribution in [3.05, 3.63) is 24.0 Å². The topological polar surface area (TPSA) is 82.5 Å². The van der Waals surface area contributed by atoms with E-state index in [1.165, 1.54) is 12.3 Å². The van der Waals surface area contributed by atoms with Gasteiger partial charge >= 0.3 is 12.0 Å². The molecule has 19 heavy (non-hydrogen) atoms. The van der Waals surface area contributed by atoms with Crippen LogP contribution in [0.15, 0.2) is 18.3 Å².